The van der Waals surface area contributed by atoms with Crippen LogP contribution in [0.25, 0.3) is 0 Å². The van der Waals surface area contributed by atoms with E-state index in [4.69, 9.17) is 4.74 Å². The van der Waals surface area contributed by atoms with E-state index < -0.39 is 21.8 Å². The highest BCUT2D eigenvalue weighted by atomic mass is 32.2. The molecule has 1 aliphatic heterocycles. The Morgan fingerprint density at radius 3 is 2.30 bits per heavy atom. The predicted octanol–water partition coefficient (Wildman–Crippen LogP) is 1.75. The lowest BCUT2D eigenvalue weighted by Gasteiger charge is -2.25. The Labute approximate surface area is 117 Å². The number of carbonyl (C=O) groups is 1. The molecule has 20 heavy (non-hydrogen) atoms. The molecule has 0 saturated carbocycles. The van der Waals surface area contributed by atoms with Gasteiger partial charge in [-0.05, 0) is 39.0 Å². The lowest BCUT2D eigenvalue weighted by Crippen LogP contribution is -2.47. The van der Waals surface area contributed by atoms with Gasteiger partial charge in [0.2, 0.25) is 5.72 Å². The van der Waals surface area contributed by atoms with Crippen molar-refractivity contribution in [3.05, 3.63) is 41.7 Å². The number of carbonyl (C=O) groups excluding carboxylic acids is 1. The van der Waals surface area contributed by atoms with E-state index >= 15 is 0 Å². The molecule has 1 amide bonds. The Bertz CT molecular complexity index is 673. The Balaban J connectivity index is 2.54. The third-order valence-corrected chi connectivity index (χ3v) is 4.90. The summed E-state index contributed by atoms with van der Waals surface area (Å²) in [7, 11) is -4.19. The molecule has 0 spiro atoms. The van der Waals surface area contributed by atoms with Gasteiger partial charge in [-0.15, -0.1) is 0 Å². The summed E-state index contributed by atoms with van der Waals surface area (Å²) in [6.45, 7) is 4.55. The largest absolute Gasteiger partial charge is 0.432 e. The van der Waals surface area contributed by atoms with Crippen molar-refractivity contribution in [1.82, 2.24) is 4.31 Å². The molecular formula is C13H15NO5S. The Hall–Kier alpha value is -1.86. The first-order valence-corrected chi connectivity index (χ1v) is 7.38. The number of ether oxygens (including phenoxy) is 1. The molecule has 2 rings (SSSR count). The second kappa shape index (κ2) is 4.60. The van der Waals surface area contributed by atoms with Crippen LogP contribution in [0.4, 0.5) is 4.79 Å². The first-order chi connectivity index (χ1) is 9.21. The lowest BCUT2D eigenvalue weighted by molar-refractivity contribution is 0.0240. The van der Waals surface area contributed by atoms with Crippen LogP contribution < -0.4 is 0 Å². The molecule has 1 N–H and O–H groups in total. The molecular weight excluding hydrogens is 282 g/mol. The van der Waals surface area contributed by atoms with Crippen molar-refractivity contribution in [2.45, 2.75) is 31.4 Å². The zero-order valence-electron chi connectivity index (χ0n) is 11.3. The number of benzene rings is 1. The van der Waals surface area contributed by atoms with E-state index in [1.807, 2.05) is 6.92 Å². The van der Waals surface area contributed by atoms with Gasteiger partial charge in [-0.25, -0.2) is 13.2 Å². The predicted molar refractivity (Wildman–Crippen MR) is 71.1 cm³/mol. The van der Waals surface area contributed by atoms with Crippen LogP contribution in [-0.2, 0) is 14.8 Å². The van der Waals surface area contributed by atoms with Crippen LogP contribution >= 0.6 is 0 Å². The van der Waals surface area contributed by atoms with Crippen molar-refractivity contribution < 1.29 is 23.1 Å². The summed E-state index contributed by atoms with van der Waals surface area (Å²) in [6, 6.07) is 5.97. The molecule has 1 saturated heterocycles. The van der Waals surface area contributed by atoms with Gasteiger partial charge in [-0.3, -0.25) is 0 Å². The highest BCUT2D eigenvalue weighted by Gasteiger charge is 2.53. The number of hydrogen-bond donors (Lipinski definition) is 1. The molecule has 0 radical (unpaired) electrons. The van der Waals surface area contributed by atoms with Crippen LogP contribution in [0.5, 0.6) is 0 Å². The average molecular weight is 297 g/mol. The van der Waals surface area contributed by atoms with Crippen molar-refractivity contribution in [3.8, 4) is 0 Å². The molecule has 0 aliphatic carbocycles. The van der Waals surface area contributed by atoms with E-state index in [1.165, 1.54) is 25.1 Å². The molecule has 7 heteroatoms. The maximum atomic E-state index is 12.5. The number of aliphatic hydroxyl groups is 1. The zero-order chi connectivity index (χ0) is 15.1. The fourth-order valence-corrected chi connectivity index (χ4v) is 3.47. The van der Waals surface area contributed by atoms with Crippen molar-refractivity contribution in [3.63, 3.8) is 0 Å². The molecule has 6 nitrogen and oxygen atoms in total. The Morgan fingerprint density at radius 1 is 1.30 bits per heavy atom. The SMILES string of the molecule is C/C=C1\OC(=O)N(S(=O)(=O)c2ccc(C)cc2)C1(C)O. The third kappa shape index (κ3) is 2.08. The van der Waals surface area contributed by atoms with Crippen LogP contribution in [0.3, 0.4) is 0 Å². The molecule has 1 fully saturated rings. The van der Waals surface area contributed by atoms with Crippen molar-refractivity contribution in [2.24, 2.45) is 0 Å². The molecule has 1 atom stereocenters. The summed E-state index contributed by atoms with van der Waals surface area (Å²) in [6.07, 6.45) is 0.228. The molecule has 1 heterocycles. The van der Waals surface area contributed by atoms with Crippen LogP contribution in [0.1, 0.15) is 19.4 Å². The quantitative estimate of drug-likeness (QED) is 0.899. The number of nitrogens with zero attached hydrogens (tertiary/aromatic N) is 1. The van der Waals surface area contributed by atoms with E-state index in [-0.39, 0.29) is 10.7 Å². The standard InChI is InChI=1S/C13H15NO5S/c1-4-11-13(3,16)14(12(15)19-11)20(17,18)10-7-5-9(2)6-8-10/h4-8,16H,1-3H3/b11-4-. The Morgan fingerprint density at radius 2 is 1.85 bits per heavy atom. The van der Waals surface area contributed by atoms with Crippen LogP contribution in [0.15, 0.2) is 41.0 Å². The van der Waals surface area contributed by atoms with Crippen LogP contribution in [-0.4, -0.2) is 29.6 Å². The average Bonchev–Trinajstić information content (AvgIpc) is 2.59. The van der Waals surface area contributed by atoms with Gasteiger partial charge in [0.25, 0.3) is 10.0 Å². The molecule has 108 valence electrons. The third-order valence-electron chi connectivity index (χ3n) is 3.05. The minimum atomic E-state index is -4.19. The summed E-state index contributed by atoms with van der Waals surface area (Å²) in [5.74, 6) is -0.113. The summed E-state index contributed by atoms with van der Waals surface area (Å²) < 4.78 is 30.1. The maximum Gasteiger partial charge on any atom is 0.432 e. The van der Waals surface area contributed by atoms with Gasteiger partial charge < -0.3 is 9.84 Å². The fourth-order valence-electron chi connectivity index (χ4n) is 1.99. The van der Waals surface area contributed by atoms with Gasteiger partial charge in [0.15, 0.2) is 5.76 Å². The second-order valence-electron chi connectivity index (χ2n) is 4.62. The molecule has 0 aromatic heterocycles. The van der Waals surface area contributed by atoms with E-state index in [0.29, 0.717) is 4.31 Å². The van der Waals surface area contributed by atoms with E-state index in [0.717, 1.165) is 5.56 Å². The summed E-state index contributed by atoms with van der Waals surface area (Å²) in [4.78, 5) is 11.7. The molecule has 1 aliphatic rings. The van der Waals surface area contributed by atoms with Crippen molar-refractivity contribution in [1.29, 1.82) is 0 Å². The maximum absolute atomic E-state index is 12.5. The highest BCUT2D eigenvalue weighted by molar-refractivity contribution is 7.89. The van der Waals surface area contributed by atoms with Gasteiger partial charge in [-0.1, -0.05) is 17.7 Å². The minimum Gasteiger partial charge on any atom is -0.409 e. The van der Waals surface area contributed by atoms with Gasteiger partial charge in [0, 0.05) is 0 Å². The Kier molecular flexibility index (Phi) is 3.35. The number of amides is 1. The fraction of sp³-hybridized carbons (Fsp3) is 0.308. The van der Waals surface area contributed by atoms with E-state index in [1.54, 1.807) is 19.1 Å². The minimum absolute atomic E-state index is 0.0855. The number of rotatable bonds is 2. The highest BCUT2D eigenvalue weighted by Crippen LogP contribution is 2.36. The number of hydrogen-bond acceptors (Lipinski definition) is 5. The molecule has 1 unspecified atom stereocenters. The zero-order valence-corrected chi connectivity index (χ0v) is 12.1. The number of cyclic esters (lactones) is 1. The van der Waals surface area contributed by atoms with Gasteiger partial charge in [0.05, 0.1) is 4.90 Å². The van der Waals surface area contributed by atoms with Gasteiger partial charge in [0.1, 0.15) is 0 Å². The molecule has 1 aromatic carbocycles. The second-order valence-corrected chi connectivity index (χ2v) is 6.41. The van der Waals surface area contributed by atoms with Gasteiger partial charge in [-0.2, -0.15) is 4.31 Å². The van der Waals surface area contributed by atoms with Crippen molar-refractivity contribution in [2.75, 3.05) is 0 Å². The molecule has 0 bridgehead atoms. The number of allylic oxidation sites excluding steroid dienone is 1. The van der Waals surface area contributed by atoms with Crippen LogP contribution in [0.2, 0.25) is 0 Å². The molecule has 1 aromatic rings. The normalized spacial score (nSPS) is 25.1. The van der Waals surface area contributed by atoms with E-state index in [2.05, 4.69) is 0 Å². The number of aryl methyl sites for hydroxylation is 1. The lowest BCUT2D eigenvalue weighted by atomic mass is 10.2. The monoisotopic (exact) mass is 297 g/mol. The van der Waals surface area contributed by atoms with Crippen molar-refractivity contribution >= 4 is 16.1 Å². The summed E-state index contributed by atoms with van der Waals surface area (Å²) in [5.41, 5.74) is -1.15. The summed E-state index contributed by atoms with van der Waals surface area (Å²) >= 11 is 0. The smallest absolute Gasteiger partial charge is 0.409 e. The first kappa shape index (κ1) is 14.5. The number of sulfonamides is 1. The van der Waals surface area contributed by atoms with Crippen LogP contribution in [0, 0.1) is 6.92 Å². The van der Waals surface area contributed by atoms with Gasteiger partial charge >= 0.3 is 6.09 Å². The van der Waals surface area contributed by atoms with E-state index in [9.17, 15) is 18.3 Å². The topological polar surface area (TPSA) is 83.9 Å². The summed E-state index contributed by atoms with van der Waals surface area (Å²) in [5, 5.41) is 10.3. The first-order valence-electron chi connectivity index (χ1n) is 5.94.